The summed E-state index contributed by atoms with van der Waals surface area (Å²) in [6, 6.07) is 1.95. The lowest BCUT2D eigenvalue weighted by Gasteiger charge is -2.06. The van der Waals surface area contributed by atoms with Crippen LogP contribution in [0.5, 0.6) is 0 Å². The summed E-state index contributed by atoms with van der Waals surface area (Å²) < 4.78 is 1.90. The number of amides is 1. The minimum atomic E-state index is 0.0721. The number of pyridine rings is 1. The predicted octanol–water partition coefficient (Wildman–Crippen LogP) is 2.22. The van der Waals surface area contributed by atoms with E-state index in [9.17, 15) is 4.79 Å². The average Bonchev–Trinajstić information content (AvgIpc) is 2.27. The molecule has 1 heterocycles. The zero-order valence-electron chi connectivity index (χ0n) is 9.59. The molecule has 17 heavy (non-hydrogen) atoms. The summed E-state index contributed by atoms with van der Waals surface area (Å²) in [7, 11) is 0. The van der Waals surface area contributed by atoms with Crippen LogP contribution in [0.25, 0.3) is 0 Å². The Balaban J connectivity index is 2.29. The van der Waals surface area contributed by atoms with Crippen LogP contribution in [0.1, 0.15) is 19.0 Å². The second-order valence-electron chi connectivity index (χ2n) is 3.46. The van der Waals surface area contributed by atoms with Gasteiger partial charge in [-0.05, 0) is 44.8 Å². The predicted molar refractivity (Wildman–Crippen MR) is 74.6 cm³/mol. The van der Waals surface area contributed by atoms with Crippen LogP contribution in [0.2, 0.25) is 0 Å². The first kappa shape index (κ1) is 14.6. The Morgan fingerprint density at radius 2 is 2.24 bits per heavy atom. The molecular formula is C11H15Br2N3O. The fraction of sp³-hybridized carbons (Fsp3) is 0.455. The second-order valence-corrected chi connectivity index (χ2v) is 5.23. The van der Waals surface area contributed by atoms with Gasteiger partial charge in [0.15, 0.2) is 0 Å². The van der Waals surface area contributed by atoms with E-state index in [0.717, 1.165) is 14.6 Å². The van der Waals surface area contributed by atoms with Crippen molar-refractivity contribution in [1.29, 1.82) is 0 Å². The molecular weight excluding hydrogens is 350 g/mol. The highest BCUT2D eigenvalue weighted by Crippen LogP contribution is 2.19. The number of rotatable bonds is 6. The monoisotopic (exact) mass is 363 g/mol. The van der Waals surface area contributed by atoms with Crippen molar-refractivity contribution >= 4 is 37.8 Å². The molecule has 1 aromatic rings. The van der Waals surface area contributed by atoms with Crippen molar-refractivity contribution < 1.29 is 4.79 Å². The number of carbonyl (C=O) groups is 1. The van der Waals surface area contributed by atoms with Crippen molar-refractivity contribution in [2.24, 2.45) is 0 Å². The highest BCUT2D eigenvalue weighted by Gasteiger charge is 2.03. The molecule has 0 aliphatic heterocycles. The van der Waals surface area contributed by atoms with Crippen LogP contribution in [0.15, 0.2) is 21.2 Å². The summed E-state index contributed by atoms with van der Waals surface area (Å²) in [4.78, 5) is 15.5. The van der Waals surface area contributed by atoms with E-state index in [1.54, 1.807) is 6.20 Å². The minimum Gasteiger partial charge on any atom is -0.356 e. The van der Waals surface area contributed by atoms with E-state index < -0.39 is 0 Å². The molecule has 0 bridgehead atoms. The van der Waals surface area contributed by atoms with Gasteiger partial charge in [-0.1, -0.05) is 0 Å². The highest BCUT2D eigenvalue weighted by molar-refractivity contribution is 9.11. The molecule has 94 valence electrons. The topological polar surface area (TPSA) is 54.0 Å². The van der Waals surface area contributed by atoms with Gasteiger partial charge in [-0.25, -0.2) is 0 Å². The standard InChI is InChI=1S/C11H15Br2N3O/c1-2-15-11(17)3-4-14-7-10-9(13)5-8(12)6-16-10/h5-6,14H,2-4,7H2,1H3,(H,15,17). The summed E-state index contributed by atoms with van der Waals surface area (Å²) >= 11 is 6.79. The van der Waals surface area contributed by atoms with Crippen LogP contribution < -0.4 is 10.6 Å². The molecule has 0 atom stereocenters. The number of carbonyl (C=O) groups excluding carboxylic acids is 1. The van der Waals surface area contributed by atoms with E-state index in [0.29, 0.717) is 26.1 Å². The normalized spacial score (nSPS) is 10.3. The summed E-state index contributed by atoms with van der Waals surface area (Å²) in [5, 5.41) is 5.94. The molecule has 0 spiro atoms. The van der Waals surface area contributed by atoms with Crippen molar-refractivity contribution in [2.45, 2.75) is 19.9 Å². The molecule has 6 heteroatoms. The first-order valence-corrected chi connectivity index (χ1v) is 6.99. The fourth-order valence-electron chi connectivity index (χ4n) is 1.27. The molecule has 4 nitrogen and oxygen atoms in total. The third-order valence-electron chi connectivity index (χ3n) is 2.08. The lowest BCUT2D eigenvalue weighted by atomic mass is 10.3. The minimum absolute atomic E-state index is 0.0721. The van der Waals surface area contributed by atoms with E-state index in [-0.39, 0.29) is 5.91 Å². The average molecular weight is 365 g/mol. The van der Waals surface area contributed by atoms with Gasteiger partial charge >= 0.3 is 0 Å². The van der Waals surface area contributed by atoms with Gasteiger partial charge < -0.3 is 10.6 Å². The zero-order chi connectivity index (χ0) is 12.7. The van der Waals surface area contributed by atoms with Crippen molar-refractivity contribution in [2.75, 3.05) is 13.1 Å². The lowest BCUT2D eigenvalue weighted by Crippen LogP contribution is -2.27. The second kappa shape index (κ2) is 7.79. The summed E-state index contributed by atoms with van der Waals surface area (Å²) in [6.45, 7) is 3.89. The van der Waals surface area contributed by atoms with Gasteiger partial charge in [0.1, 0.15) is 0 Å². The maximum Gasteiger partial charge on any atom is 0.221 e. The van der Waals surface area contributed by atoms with E-state index in [2.05, 4.69) is 47.5 Å². The van der Waals surface area contributed by atoms with Gasteiger partial charge in [0, 0.05) is 41.2 Å². The molecule has 0 aliphatic carbocycles. The Kier molecular flexibility index (Phi) is 6.69. The first-order chi connectivity index (χ1) is 8.13. The third kappa shape index (κ3) is 5.61. The fourth-order valence-corrected chi connectivity index (χ4v) is 2.39. The van der Waals surface area contributed by atoms with Crippen LogP contribution in [0.4, 0.5) is 0 Å². The Morgan fingerprint density at radius 1 is 1.47 bits per heavy atom. The molecule has 0 radical (unpaired) electrons. The molecule has 0 saturated carbocycles. The summed E-state index contributed by atoms with van der Waals surface area (Å²) in [5.74, 6) is 0.0721. The van der Waals surface area contributed by atoms with Crippen molar-refractivity contribution in [3.8, 4) is 0 Å². The smallest absolute Gasteiger partial charge is 0.221 e. The van der Waals surface area contributed by atoms with E-state index >= 15 is 0 Å². The molecule has 0 fully saturated rings. The van der Waals surface area contributed by atoms with Crippen LogP contribution in [-0.2, 0) is 11.3 Å². The van der Waals surface area contributed by atoms with E-state index in [1.165, 1.54) is 0 Å². The highest BCUT2D eigenvalue weighted by atomic mass is 79.9. The van der Waals surface area contributed by atoms with Gasteiger partial charge in [-0.3, -0.25) is 9.78 Å². The number of hydrogen-bond donors (Lipinski definition) is 2. The van der Waals surface area contributed by atoms with Crippen LogP contribution >= 0.6 is 31.9 Å². The van der Waals surface area contributed by atoms with Crippen molar-refractivity contribution in [1.82, 2.24) is 15.6 Å². The maximum absolute atomic E-state index is 11.2. The molecule has 0 unspecified atom stereocenters. The Labute approximate surface area is 118 Å². The van der Waals surface area contributed by atoms with Crippen LogP contribution in [0, 0.1) is 0 Å². The van der Waals surface area contributed by atoms with Crippen molar-refractivity contribution in [3.63, 3.8) is 0 Å². The third-order valence-corrected chi connectivity index (χ3v) is 3.20. The summed E-state index contributed by atoms with van der Waals surface area (Å²) in [5.41, 5.74) is 0.934. The number of aromatic nitrogens is 1. The number of halogens is 2. The molecule has 1 amide bonds. The van der Waals surface area contributed by atoms with Gasteiger partial charge in [0.2, 0.25) is 5.91 Å². The molecule has 2 N–H and O–H groups in total. The SMILES string of the molecule is CCNC(=O)CCNCc1ncc(Br)cc1Br. The molecule has 0 aliphatic rings. The van der Waals surface area contributed by atoms with Gasteiger partial charge in [0.05, 0.1) is 5.69 Å². The Morgan fingerprint density at radius 3 is 2.88 bits per heavy atom. The van der Waals surface area contributed by atoms with E-state index in [1.807, 2.05) is 13.0 Å². The summed E-state index contributed by atoms with van der Waals surface area (Å²) in [6.07, 6.45) is 2.24. The van der Waals surface area contributed by atoms with Gasteiger partial charge in [-0.15, -0.1) is 0 Å². The molecule has 0 aromatic carbocycles. The molecule has 1 rings (SSSR count). The lowest BCUT2D eigenvalue weighted by molar-refractivity contribution is -0.120. The Hall–Kier alpha value is -0.460. The maximum atomic E-state index is 11.2. The largest absolute Gasteiger partial charge is 0.356 e. The number of nitrogens with one attached hydrogen (secondary N) is 2. The van der Waals surface area contributed by atoms with Crippen molar-refractivity contribution in [3.05, 3.63) is 26.9 Å². The van der Waals surface area contributed by atoms with E-state index in [4.69, 9.17) is 0 Å². The molecule has 1 aromatic heterocycles. The molecule has 0 saturated heterocycles. The first-order valence-electron chi connectivity index (χ1n) is 5.40. The zero-order valence-corrected chi connectivity index (χ0v) is 12.8. The van der Waals surface area contributed by atoms with Crippen LogP contribution in [0.3, 0.4) is 0 Å². The quantitative estimate of drug-likeness (QED) is 0.761. The number of hydrogen-bond acceptors (Lipinski definition) is 3. The number of nitrogens with zero attached hydrogens (tertiary/aromatic N) is 1. The Bertz CT molecular complexity index is 385. The van der Waals surface area contributed by atoms with Crippen LogP contribution in [-0.4, -0.2) is 24.0 Å². The van der Waals surface area contributed by atoms with Gasteiger partial charge in [-0.2, -0.15) is 0 Å². The van der Waals surface area contributed by atoms with Gasteiger partial charge in [0.25, 0.3) is 0 Å².